The van der Waals surface area contributed by atoms with Gasteiger partial charge >= 0.3 is 0 Å². The SMILES string of the molecule is Cc1cc(C)c2c(CC(C)C)c(CN)oc2c1C. The lowest BCUT2D eigenvalue weighted by molar-refractivity contribution is 0.534. The van der Waals surface area contributed by atoms with E-state index >= 15 is 0 Å². The van der Waals surface area contributed by atoms with Gasteiger partial charge in [-0.05, 0) is 49.8 Å². The Bertz CT molecular complexity index is 579. The molecule has 0 spiro atoms. The van der Waals surface area contributed by atoms with Crippen LogP contribution in [0.2, 0.25) is 0 Å². The Kier molecular flexibility index (Phi) is 3.49. The quantitative estimate of drug-likeness (QED) is 0.887. The Morgan fingerprint density at radius 3 is 2.39 bits per heavy atom. The lowest BCUT2D eigenvalue weighted by Crippen LogP contribution is -2.02. The van der Waals surface area contributed by atoms with Gasteiger partial charge in [0.25, 0.3) is 0 Å². The maximum absolute atomic E-state index is 6.02. The molecule has 0 unspecified atom stereocenters. The smallest absolute Gasteiger partial charge is 0.138 e. The molecular formula is C16H23NO. The van der Waals surface area contributed by atoms with E-state index in [-0.39, 0.29) is 0 Å². The van der Waals surface area contributed by atoms with E-state index in [1.54, 1.807) is 0 Å². The molecule has 1 aromatic heterocycles. The number of hydrogen-bond donors (Lipinski definition) is 1. The topological polar surface area (TPSA) is 39.2 Å². The van der Waals surface area contributed by atoms with Gasteiger partial charge < -0.3 is 10.2 Å². The van der Waals surface area contributed by atoms with Crippen LogP contribution < -0.4 is 5.73 Å². The summed E-state index contributed by atoms with van der Waals surface area (Å²) in [4.78, 5) is 0. The Labute approximate surface area is 109 Å². The zero-order valence-electron chi connectivity index (χ0n) is 12.1. The first-order chi connectivity index (χ1) is 8.45. The van der Waals surface area contributed by atoms with E-state index in [1.165, 1.54) is 27.6 Å². The third-order valence-corrected chi connectivity index (χ3v) is 3.65. The molecule has 0 bridgehead atoms. The predicted molar refractivity (Wildman–Crippen MR) is 76.9 cm³/mol. The first-order valence-corrected chi connectivity index (χ1v) is 6.66. The molecule has 0 aliphatic rings. The second-order valence-corrected chi connectivity index (χ2v) is 5.65. The summed E-state index contributed by atoms with van der Waals surface area (Å²) in [6.45, 7) is 11.4. The van der Waals surface area contributed by atoms with Gasteiger partial charge in [-0.3, -0.25) is 0 Å². The van der Waals surface area contributed by atoms with Crippen molar-refractivity contribution >= 4 is 11.0 Å². The highest BCUT2D eigenvalue weighted by Gasteiger charge is 2.18. The molecule has 0 amide bonds. The number of hydrogen-bond acceptors (Lipinski definition) is 2. The fourth-order valence-electron chi connectivity index (χ4n) is 2.67. The van der Waals surface area contributed by atoms with Gasteiger partial charge in [0.1, 0.15) is 11.3 Å². The van der Waals surface area contributed by atoms with E-state index in [2.05, 4.69) is 40.7 Å². The summed E-state index contributed by atoms with van der Waals surface area (Å²) < 4.78 is 6.02. The van der Waals surface area contributed by atoms with Gasteiger partial charge in [-0.15, -0.1) is 0 Å². The zero-order valence-corrected chi connectivity index (χ0v) is 12.1. The van der Waals surface area contributed by atoms with Crippen LogP contribution in [0.3, 0.4) is 0 Å². The minimum atomic E-state index is 0.481. The van der Waals surface area contributed by atoms with E-state index in [0.717, 1.165) is 17.8 Å². The summed E-state index contributed by atoms with van der Waals surface area (Å²) in [5, 5.41) is 1.28. The molecule has 0 atom stereocenters. The van der Waals surface area contributed by atoms with Gasteiger partial charge in [0.05, 0.1) is 6.54 Å². The van der Waals surface area contributed by atoms with E-state index in [9.17, 15) is 0 Å². The van der Waals surface area contributed by atoms with Crippen LogP contribution in [0, 0.1) is 26.7 Å². The number of nitrogens with two attached hydrogens (primary N) is 1. The van der Waals surface area contributed by atoms with Crippen molar-refractivity contribution in [2.75, 3.05) is 0 Å². The molecule has 2 nitrogen and oxygen atoms in total. The van der Waals surface area contributed by atoms with E-state index < -0.39 is 0 Å². The van der Waals surface area contributed by atoms with Crippen LogP contribution in [-0.2, 0) is 13.0 Å². The highest BCUT2D eigenvalue weighted by molar-refractivity contribution is 5.89. The second-order valence-electron chi connectivity index (χ2n) is 5.65. The van der Waals surface area contributed by atoms with Crippen molar-refractivity contribution in [2.24, 2.45) is 11.7 Å². The van der Waals surface area contributed by atoms with E-state index in [1.807, 2.05) is 0 Å². The summed E-state index contributed by atoms with van der Waals surface area (Å²) in [6, 6.07) is 2.25. The van der Waals surface area contributed by atoms with Gasteiger partial charge in [0.2, 0.25) is 0 Å². The predicted octanol–water partition coefficient (Wildman–Crippen LogP) is 4.02. The molecule has 2 aromatic rings. The average molecular weight is 245 g/mol. The van der Waals surface area contributed by atoms with Crippen LogP contribution >= 0.6 is 0 Å². The summed E-state index contributed by atoms with van der Waals surface area (Å²) >= 11 is 0. The molecule has 0 radical (unpaired) electrons. The maximum atomic E-state index is 6.02. The molecule has 0 fully saturated rings. The van der Waals surface area contributed by atoms with E-state index in [0.29, 0.717) is 12.5 Å². The van der Waals surface area contributed by atoms with Crippen molar-refractivity contribution in [3.63, 3.8) is 0 Å². The monoisotopic (exact) mass is 245 g/mol. The highest BCUT2D eigenvalue weighted by atomic mass is 16.3. The first kappa shape index (κ1) is 13.2. The maximum Gasteiger partial charge on any atom is 0.138 e. The lowest BCUT2D eigenvalue weighted by atomic mass is 9.94. The molecule has 1 heterocycles. The minimum Gasteiger partial charge on any atom is -0.459 e. The molecule has 0 aliphatic carbocycles. The summed E-state index contributed by atoms with van der Waals surface area (Å²) in [7, 11) is 0. The van der Waals surface area contributed by atoms with Gasteiger partial charge in [0, 0.05) is 10.9 Å². The van der Waals surface area contributed by atoms with Crippen molar-refractivity contribution in [3.05, 3.63) is 34.1 Å². The first-order valence-electron chi connectivity index (χ1n) is 6.66. The zero-order chi connectivity index (χ0) is 13.4. The van der Waals surface area contributed by atoms with Crippen LogP contribution in [0.25, 0.3) is 11.0 Å². The van der Waals surface area contributed by atoms with Crippen LogP contribution in [0.15, 0.2) is 10.5 Å². The molecule has 98 valence electrons. The molecule has 0 saturated heterocycles. The third kappa shape index (κ3) is 2.05. The van der Waals surface area contributed by atoms with Crippen molar-refractivity contribution < 1.29 is 4.42 Å². The number of benzene rings is 1. The van der Waals surface area contributed by atoms with Crippen LogP contribution in [-0.4, -0.2) is 0 Å². The lowest BCUT2D eigenvalue weighted by Gasteiger charge is -2.08. The van der Waals surface area contributed by atoms with E-state index in [4.69, 9.17) is 10.2 Å². The average Bonchev–Trinajstić information content (AvgIpc) is 2.64. The van der Waals surface area contributed by atoms with Gasteiger partial charge in [-0.1, -0.05) is 19.9 Å². The Morgan fingerprint density at radius 1 is 1.17 bits per heavy atom. The fraction of sp³-hybridized carbons (Fsp3) is 0.500. The molecular weight excluding hydrogens is 222 g/mol. The molecule has 18 heavy (non-hydrogen) atoms. The van der Waals surface area contributed by atoms with Crippen LogP contribution in [0.4, 0.5) is 0 Å². The molecule has 2 N–H and O–H groups in total. The Balaban J connectivity index is 2.78. The molecule has 2 heteroatoms. The summed E-state index contributed by atoms with van der Waals surface area (Å²) in [5.41, 5.74) is 12.0. The van der Waals surface area contributed by atoms with Gasteiger partial charge in [-0.2, -0.15) is 0 Å². The van der Waals surface area contributed by atoms with Crippen LogP contribution in [0.1, 0.15) is 41.9 Å². The van der Waals surface area contributed by atoms with Crippen molar-refractivity contribution in [2.45, 2.75) is 47.6 Å². The number of rotatable bonds is 3. The van der Waals surface area contributed by atoms with Crippen molar-refractivity contribution in [1.29, 1.82) is 0 Å². The normalized spacial score (nSPS) is 11.7. The van der Waals surface area contributed by atoms with Crippen LogP contribution in [0.5, 0.6) is 0 Å². The Hall–Kier alpha value is -1.28. The van der Waals surface area contributed by atoms with Crippen molar-refractivity contribution in [1.82, 2.24) is 0 Å². The molecule has 2 rings (SSSR count). The Morgan fingerprint density at radius 2 is 1.83 bits per heavy atom. The summed E-state index contributed by atoms with van der Waals surface area (Å²) in [6.07, 6.45) is 1.03. The summed E-state index contributed by atoms with van der Waals surface area (Å²) in [5.74, 6) is 1.56. The second kappa shape index (κ2) is 4.77. The molecule has 0 saturated carbocycles. The highest BCUT2D eigenvalue weighted by Crippen LogP contribution is 2.34. The van der Waals surface area contributed by atoms with Gasteiger partial charge in [0.15, 0.2) is 0 Å². The number of aryl methyl sites for hydroxylation is 3. The van der Waals surface area contributed by atoms with Crippen molar-refractivity contribution in [3.8, 4) is 0 Å². The minimum absolute atomic E-state index is 0.481. The number of fused-ring (bicyclic) bond motifs is 1. The number of furan rings is 1. The third-order valence-electron chi connectivity index (χ3n) is 3.65. The molecule has 1 aromatic carbocycles. The fourth-order valence-corrected chi connectivity index (χ4v) is 2.67. The largest absolute Gasteiger partial charge is 0.459 e. The van der Waals surface area contributed by atoms with Gasteiger partial charge in [-0.25, -0.2) is 0 Å². The standard InChI is InChI=1S/C16H23NO/c1-9(2)6-13-14(8-17)18-16-12(5)10(3)7-11(4)15(13)16/h7,9H,6,8,17H2,1-5H3. The molecule has 0 aliphatic heterocycles.